The van der Waals surface area contributed by atoms with E-state index in [-0.39, 0.29) is 19.4 Å². The van der Waals surface area contributed by atoms with Crippen LogP contribution in [0.15, 0.2) is 85.1 Å². The molecule has 8 unspecified atom stereocenters. The Bertz CT molecular complexity index is 1640. The number of aliphatic hydroxyl groups excluding tert-OH is 5. The summed E-state index contributed by atoms with van der Waals surface area (Å²) in [5, 5.41) is 57.1. The van der Waals surface area contributed by atoms with Crippen LogP contribution in [0.1, 0.15) is 284 Å². The van der Waals surface area contributed by atoms with Crippen LogP contribution in [0.3, 0.4) is 0 Å². The van der Waals surface area contributed by atoms with Gasteiger partial charge in [-0.1, -0.05) is 266 Å². The number of hydrogen-bond donors (Lipinski definition) is 6. The predicted octanol–water partition coefficient (Wildman–Crippen LogP) is 16.5. The lowest BCUT2D eigenvalue weighted by Crippen LogP contribution is -2.61. The molecule has 8 atom stereocenters. The van der Waals surface area contributed by atoms with Crippen molar-refractivity contribution in [2.75, 3.05) is 13.2 Å². The lowest BCUT2D eigenvalue weighted by atomic mass is 9.99. The molecule has 1 heterocycles. The number of allylic oxidation sites excluding steroid dienone is 13. The Morgan fingerprint density at radius 3 is 1.35 bits per heavy atom. The zero-order valence-corrected chi connectivity index (χ0v) is 51.9. The normalized spacial score (nSPS) is 19.2. The average Bonchev–Trinajstić information content (AvgIpc) is 3.52. The van der Waals surface area contributed by atoms with Crippen molar-refractivity contribution < 1.29 is 49.3 Å². The number of aliphatic hydroxyl groups is 5. The van der Waals surface area contributed by atoms with Crippen molar-refractivity contribution in [2.45, 2.75) is 333 Å². The summed E-state index contributed by atoms with van der Waals surface area (Å²) < 4.78 is 17.6. The van der Waals surface area contributed by atoms with E-state index < -0.39 is 67.4 Å². The first-order valence-electron chi connectivity index (χ1n) is 33.4. The Morgan fingerprint density at radius 2 is 0.889 bits per heavy atom. The number of hydrogen-bond acceptors (Lipinski definition) is 10. The van der Waals surface area contributed by atoms with Gasteiger partial charge in [0.15, 0.2) is 12.4 Å². The number of rotatable bonds is 56. The van der Waals surface area contributed by atoms with Crippen LogP contribution >= 0.6 is 0 Å². The second kappa shape index (κ2) is 57.3. The zero-order chi connectivity index (χ0) is 58.9. The molecule has 1 aliphatic heterocycles. The topological polar surface area (TPSA) is 175 Å². The number of carbonyl (C=O) groups excluding carboxylic acids is 2. The molecule has 0 radical (unpaired) electrons. The van der Waals surface area contributed by atoms with Gasteiger partial charge in [-0.3, -0.25) is 9.59 Å². The van der Waals surface area contributed by atoms with E-state index in [0.717, 1.165) is 109 Å². The number of amides is 1. The van der Waals surface area contributed by atoms with Gasteiger partial charge in [0.2, 0.25) is 5.91 Å². The summed E-state index contributed by atoms with van der Waals surface area (Å²) in [5.74, 6) is -1.21. The van der Waals surface area contributed by atoms with Crippen molar-refractivity contribution in [3.8, 4) is 0 Å². The largest absolute Gasteiger partial charge is 0.454 e. The summed E-state index contributed by atoms with van der Waals surface area (Å²) in [6.07, 6.45) is 64.7. The van der Waals surface area contributed by atoms with Gasteiger partial charge in [-0.05, 0) is 96.3 Å². The van der Waals surface area contributed by atoms with Crippen LogP contribution in [0.4, 0.5) is 0 Å². The molecule has 1 rings (SSSR count). The van der Waals surface area contributed by atoms with Crippen LogP contribution in [-0.2, 0) is 23.8 Å². The van der Waals surface area contributed by atoms with Crippen molar-refractivity contribution >= 4 is 11.9 Å². The third kappa shape index (κ3) is 45.0. The first-order chi connectivity index (χ1) is 39.7. The molecule has 0 aromatic carbocycles. The van der Waals surface area contributed by atoms with Crippen LogP contribution in [0.5, 0.6) is 0 Å². The molecule has 1 amide bonds. The molecule has 1 aliphatic rings. The number of esters is 1. The summed E-state index contributed by atoms with van der Waals surface area (Å²) in [5.41, 5.74) is 0. The lowest BCUT2D eigenvalue weighted by molar-refractivity contribution is -0.305. The smallest absolute Gasteiger partial charge is 0.306 e. The standard InChI is InChI=1S/C70H123NO10/c1-4-7-10-13-16-19-22-24-26-28-30-31-32-34-35-37-39-42-45-48-51-54-57-63(74)69(78)71-61(62(73)56-53-50-47-44-41-21-18-15-12-9-6-3)60-79-70-68(67(77)66(76)64(59-72)80-70)81-65(75)58-55-52-49-46-43-40-38-36-33-29-27-25-23-20-17-14-11-8-5-2/h7,10,16,19,24-27,30-31,34-35,53,56,61-64,66-68,70,72-74,76-77H,4-6,8-9,11-15,17-18,20-23,28-29,32-33,36-52,54-55,57-60H2,1-3H3,(H,71,78)/b10-7-,19-16-,26-24-,27-25+,31-30-,35-34-,56-53+. The van der Waals surface area contributed by atoms with E-state index in [4.69, 9.17) is 14.2 Å². The third-order valence-electron chi connectivity index (χ3n) is 15.3. The fourth-order valence-corrected chi connectivity index (χ4v) is 10.0. The van der Waals surface area contributed by atoms with Gasteiger partial charge in [-0.2, -0.15) is 0 Å². The number of ether oxygens (including phenoxy) is 3. The highest BCUT2D eigenvalue weighted by molar-refractivity contribution is 5.80. The molecule has 0 aromatic rings. The Balaban J connectivity index is 2.62. The number of unbranched alkanes of at least 4 members (excludes halogenated alkanes) is 30. The van der Waals surface area contributed by atoms with Gasteiger partial charge in [0, 0.05) is 6.42 Å². The Hall–Kier alpha value is -3.16. The summed E-state index contributed by atoms with van der Waals surface area (Å²) in [7, 11) is 0. The van der Waals surface area contributed by atoms with Crippen LogP contribution < -0.4 is 5.32 Å². The van der Waals surface area contributed by atoms with Gasteiger partial charge in [0.05, 0.1) is 25.4 Å². The highest BCUT2D eigenvalue weighted by atomic mass is 16.7. The van der Waals surface area contributed by atoms with Gasteiger partial charge >= 0.3 is 5.97 Å². The maximum Gasteiger partial charge on any atom is 0.306 e. The molecule has 468 valence electrons. The predicted molar refractivity (Wildman–Crippen MR) is 338 cm³/mol. The van der Waals surface area contributed by atoms with Crippen molar-refractivity contribution in [1.82, 2.24) is 5.32 Å². The SMILES string of the molecule is CC/C=C\C/C=C\C/C=C\C/C=C\C/C=C\CCCCCCCCC(O)C(=O)NC(COC1OC(CO)C(O)C(O)C1OC(=O)CCCCCCCCCCC/C=C/CCCCCCCC)C(O)/C=C/CCCCCCCCCCC. The van der Waals surface area contributed by atoms with E-state index in [2.05, 4.69) is 99.0 Å². The molecule has 0 bridgehead atoms. The molecule has 11 heteroatoms. The Labute approximate surface area is 495 Å². The maximum absolute atomic E-state index is 13.4. The fraction of sp³-hybridized carbons (Fsp3) is 0.771. The molecule has 1 fully saturated rings. The maximum atomic E-state index is 13.4. The van der Waals surface area contributed by atoms with Crippen LogP contribution in [-0.4, -0.2) is 99.6 Å². The summed E-state index contributed by atoms with van der Waals surface area (Å²) in [4.78, 5) is 26.6. The Morgan fingerprint density at radius 1 is 0.494 bits per heavy atom. The van der Waals surface area contributed by atoms with Gasteiger partial charge in [0.1, 0.15) is 24.4 Å². The molecule has 0 aromatic heterocycles. The van der Waals surface area contributed by atoms with Gasteiger partial charge in [-0.25, -0.2) is 0 Å². The average molecular weight is 1140 g/mol. The minimum Gasteiger partial charge on any atom is -0.454 e. The number of carbonyl (C=O) groups is 2. The lowest BCUT2D eigenvalue weighted by Gasteiger charge is -2.41. The second-order valence-corrected chi connectivity index (χ2v) is 22.8. The minimum atomic E-state index is -1.62. The third-order valence-corrected chi connectivity index (χ3v) is 15.3. The summed E-state index contributed by atoms with van der Waals surface area (Å²) in [6.45, 7) is 5.67. The molecule has 0 spiro atoms. The van der Waals surface area contributed by atoms with E-state index in [0.29, 0.717) is 12.8 Å². The van der Waals surface area contributed by atoms with Gasteiger partial charge in [-0.15, -0.1) is 0 Å². The van der Waals surface area contributed by atoms with Crippen molar-refractivity contribution in [1.29, 1.82) is 0 Å². The van der Waals surface area contributed by atoms with Gasteiger partial charge < -0.3 is 45.1 Å². The highest BCUT2D eigenvalue weighted by Gasteiger charge is 2.47. The number of nitrogens with one attached hydrogen (secondary N) is 1. The Kier molecular flexibility index (Phi) is 53.6. The van der Waals surface area contributed by atoms with Gasteiger partial charge in [0.25, 0.3) is 0 Å². The van der Waals surface area contributed by atoms with E-state index in [1.54, 1.807) is 6.08 Å². The van der Waals surface area contributed by atoms with Crippen LogP contribution in [0.2, 0.25) is 0 Å². The molecular formula is C70H123NO10. The monoisotopic (exact) mass is 1140 g/mol. The first kappa shape index (κ1) is 75.9. The quantitative estimate of drug-likeness (QED) is 0.0195. The van der Waals surface area contributed by atoms with E-state index in [1.807, 2.05) is 6.08 Å². The van der Waals surface area contributed by atoms with Crippen molar-refractivity contribution in [3.05, 3.63) is 85.1 Å². The van der Waals surface area contributed by atoms with Crippen LogP contribution in [0, 0.1) is 0 Å². The van der Waals surface area contributed by atoms with Crippen molar-refractivity contribution in [3.63, 3.8) is 0 Å². The molecule has 1 saturated heterocycles. The second-order valence-electron chi connectivity index (χ2n) is 22.8. The minimum absolute atomic E-state index is 0.118. The van der Waals surface area contributed by atoms with Crippen LogP contribution in [0.25, 0.3) is 0 Å². The zero-order valence-electron chi connectivity index (χ0n) is 51.9. The van der Waals surface area contributed by atoms with E-state index in [1.165, 1.54) is 128 Å². The molecular weight excluding hydrogens is 1010 g/mol. The molecule has 11 nitrogen and oxygen atoms in total. The summed E-state index contributed by atoms with van der Waals surface area (Å²) >= 11 is 0. The summed E-state index contributed by atoms with van der Waals surface area (Å²) in [6, 6.07) is -1.03. The van der Waals surface area contributed by atoms with Crippen molar-refractivity contribution in [2.24, 2.45) is 0 Å². The molecule has 6 N–H and O–H groups in total. The first-order valence-corrected chi connectivity index (χ1v) is 33.4. The van der Waals surface area contributed by atoms with E-state index >= 15 is 0 Å². The molecule has 81 heavy (non-hydrogen) atoms. The fourth-order valence-electron chi connectivity index (χ4n) is 10.0. The molecule has 0 aliphatic carbocycles. The molecule has 0 saturated carbocycles. The van der Waals surface area contributed by atoms with E-state index in [9.17, 15) is 35.1 Å². The highest BCUT2D eigenvalue weighted by Crippen LogP contribution is 2.26.